The molecule has 3 heteroatoms. The minimum atomic E-state index is -3.48. The van der Waals surface area contributed by atoms with Crippen molar-refractivity contribution in [2.45, 2.75) is 19.2 Å². The van der Waals surface area contributed by atoms with Crippen LogP contribution in [0.15, 0.2) is 509 Å². The smallest absolute Gasteiger partial charge is 0.136 e. The highest BCUT2D eigenvalue weighted by atomic mass is 16.3. The Balaban J connectivity index is 0.000000145. The topological polar surface area (TPSA) is 39.4 Å². The normalized spacial score (nSPS) is 21.5. The third-order valence-corrected chi connectivity index (χ3v) is 24.5. The Morgan fingerprint density at radius 3 is 0.826 bits per heavy atom. The van der Waals surface area contributed by atoms with Crippen LogP contribution in [0.1, 0.15) is 141 Å². The molecule has 1 aliphatic carbocycles. The summed E-state index contributed by atoms with van der Waals surface area (Å²) in [4.78, 5) is 0. The minimum Gasteiger partial charge on any atom is -0.456 e. The quantitative estimate of drug-likeness (QED) is 0.112. The summed E-state index contributed by atoms with van der Waals surface area (Å²) < 4.78 is 787. The van der Waals surface area contributed by atoms with Gasteiger partial charge in [0.15, 0.2) is 0 Å². The van der Waals surface area contributed by atoms with Crippen molar-refractivity contribution in [3.8, 4) is 100 Å². The van der Waals surface area contributed by atoms with Crippen LogP contribution in [-0.2, 0) is 5.41 Å². The number of hydrogen-bond acceptors (Lipinski definition) is 3. The molecule has 31 rings (SSSR count). The van der Waals surface area contributed by atoms with E-state index in [-0.39, 0.29) is 0 Å². The van der Waals surface area contributed by atoms with E-state index in [1.165, 1.54) is 0 Å². The first-order valence-electron chi connectivity index (χ1n) is 85.5. The molecule has 3 aromatic heterocycles. The Morgan fingerprint density at radius 1 is 0.160 bits per heavy atom. The van der Waals surface area contributed by atoms with E-state index >= 15 is 0 Å². The highest BCUT2D eigenvalue weighted by Gasteiger charge is 2.37. The van der Waals surface area contributed by atoms with Crippen molar-refractivity contribution in [1.29, 1.82) is 0 Å². The molecule has 1 aliphatic rings. The number of benzene rings is 27. The van der Waals surface area contributed by atoms with Gasteiger partial charge in [0.25, 0.3) is 0 Å². The summed E-state index contributed by atoms with van der Waals surface area (Å²) in [5.41, 5.74) is -21.4. The Morgan fingerprint density at radius 2 is 0.417 bits per heavy atom. The second-order valence-electron chi connectivity index (χ2n) is 32.4. The van der Waals surface area contributed by atoms with Gasteiger partial charge in [0.05, 0.1) is 112 Å². The second-order valence-corrected chi connectivity index (χ2v) is 32.4. The number of hydrogen-bond donors (Lipinski definition) is 0. The zero-order valence-electron chi connectivity index (χ0n) is 157. The van der Waals surface area contributed by atoms with Crippen LogP contribution in [-0.4, -0.2) is 0 Å². The van der Waals surface area contributed by atoms with Gasteiger partial charge in [-0.05, 0) is 331 Å². The summed E-state index contributed by atoms with van der Waals surface area (Å²) in [5, 5.41) is -18.2. The molecule has 144 heavy (non-hydrogen) atoms. The van der Waals surface area contributed by atoms with Crippen molar-refractivity contribution in [3.05, 3.63) is 507 Å². The first-order chi connectivity index (χ1) is 107. The molecular formula is C141H88O3. The maximum Gasteiger partial charge on any atom is 0.136 e. The lowest BCUT2D eigenvalue weighted by Crippen LogP contribution is -2.15. The van der Waals surface area contributed by atoms with Crippen LogP contribution < -0.4 is 0 Å². The average Bonchev–Trinajstić information content (AvgIpc) is 1.51. The molecule has 0 amide bonds. The molecule has 3 heterocycles. The van der Waals surface area contributed by atoms with E-state index in [1.54, 1.807) is 0 Å². The number of furan rings is 3. The molecule has 0 saturated heterocycles. The number of fused-ring (bicyclic) bond motifs is 26. The number of rotatable bonds is 8. The van der Waals surface area contributed by atoms with Crippen LogP contribution in [0, 0.1) is 0 Å². The van der Waals surface area contributed by atoms with Gasteiger partial charge >= 0.3 is 0 Å². The molecule has 0 saturated carbocycles. The van der Waals surface area contributed by atoms with Crippen molar-refractivity contribution in [2.75, 3.05) is 0 Å². The van der Waals surface area contributed by atoms with Gasteiger partial charge in [0.1, 0.15) is 33.5 Å². The van der Waals surface area contributed by atoms with Crippen LogP contribution in [0.4, 0.5) is 0 Å². The van der Waals surface area contributed by atoms with Crippen LogP contribution in [0.25, 0.3) is 295 Å². The van der Waals surface area contributed by atoms with Gasteiger partial charge in [-0.2, -0.15) is 0 Å². The van der Waals surface area contributed by atoms with E-state index in [0.717, 1.165) is 6.92 Å². The molecule has 27 aromatic carbocycles. The summed E-state index contributed by atoms with van der Waals surface area (Å²) in [5.74, 6) is 0. The first-order valence-corrected chi connectivity index (χ1v) is 43.0. The van der Waals surface area contributed by atoms with E-state index in [0.29, 0.717) is 0 Å². The van der Waals surface area contributed by atoms with Gasteiger partial charge < -0.3 is 13.3 Å². The van der Waals surface area contributed by atoms with Gasteiger partial charge in [-0.1, -0.05) is 419 Å². The summed E-state index contributed by atoms with van der Waals surface area (Å²) in [6, 6.07) is -74.6. The third kappa shape index (κ3) is 13.2. The molecule has 1 atom stereocenters. The van der Waals surface area contributed by atoms with E-state index in [4.69, 9.17) is 84.5 Å². The van der Waals surface area contributed by atoms with Crippen molar-refractivity contribution in [3.63, 3.8) is 0 Å². The van der Waals surface area contributed by atoms with Crippen molar-refractivity contribution < 1.29 is 130 Å². The maximum absolute atomic E-state index is 10.2. The average molecular weight is 1920 g/mol. The van der Waals surface area contributed by atoms with Crippen LogP contribution >= 0.6 is 0 Å². The van der Waals surface area contributed by atoms with Gasteiger partial charge in [-0.3, -0.25) is 0 Å². The zero-order chi connectivity index (χ0) is 169. The summed E-state index contributed by atoms with van der Waals surface area (Å²) >= 11 is 0. The predicted molar refractivity (Wildman–Crippen MR) is 612 cm³/mol. The lowest BCUT2D eigenvalue weighted by molar-refractivity contribution is 0.661. The second kappa shape index (κ2) is 32.8. The lowest BCUT2D eigenvalue weighted by atomic mass is 9.80. The summed E-state index contributed by atoms with van der Waals surface area (Å²) in [6.45, 7) is -2.51. The minimum absolute atomic E-state index is 0.403. The lowest BCUT2D eigenvalue weighted by Gasteiger charge is -2.23. The molecule has 0 spiro atoms. The highest BCUT2D eigenvalue weighted by molar-refractivity contribution is 6.31. The van der Waals surface area contributed by atoms with Crippen LogP contribution in [0.3, 0.4) is 0 Å². The standard InChI is InChI=1S/C51H34O.C48H28O.C42H26O/c1-51(2)45-28-34(31-12-4-3-5-13-31)20-23-37(45)38-24-21-36(29-46(38)51)50-41-18-10-8-16-39(41)49(40-17-9-11-19-42(40)50)35-22-25-47-43(27-35)44-26-32-14-6-7-15-33(32)30-48(44)52-47;1-2-13-31-28-45-42(25-30(31)12-1)41-26-33(23-24-44(41)49-45)47-37-17-7-9-19-39(37)48(40-20-10-8-18-38(40)47)43-27-32-22-21-29-11-3-4-14-34(29)46(32)36-16-6-5-15-35(36)43;1-2-10-28(11-3-1)41-33-14-6-8-16-35(33)42(36-17-9-7-15-34(36)41)29-20-18-27(19-21-29)32-22-23-39-37(25-32)38-24-30-12-4-5-13-31(30)26-40(38)43-39/h3-30H,1-2H3;1-28H;1-26H/i1D3,3D,4D,5D,6D,7D,8D,9D,10D,11D,12D,13D,14D,15D,16D,17D,18D,19D,20D,21D,22D,23D,24D,25D,26D,27D,28D,29D,30D;1D,2D,3D,4D,5D,6D,7D,8D,9D,10D,11D,12D,13D,14D,15D,16D,17D,18D,19D,20D,21D,22D,23D,24D,25D,26D,27D,28D;1D,2D,3D,4D,5D,6D,7D,8D,9D,10D,11D,12D,13D,14D,15D,16D,17D,18D,19D,20D,21D,22D,23D,24D,25D,26D. The zero-order valence-corrected chi connectivity index (χ0v) is 72.2. The van der Waals surface area contributed by atoms with Crippen molar-refractivity contribution in [2.24, 2.45) is 0 Å². The molecule has 670 valence electrons. The Kier molecular flexibility index (Phi) is 7.79. The monoisotopic (exact) mass is 1910 g/mol. The predicted octanol–water partition coefficient (Wildman–Crippen LogP) is 40.2. The molecule has 0 N–H and O–H groups in total. The SMILES string of the molecule is [2H]c1c(-c2c3c([2H])c([2H])c([2H])c([2H])c3c(-c3c([2H])c4c([2H])c([2H])c5c([2H])c([2H])c([2H])c([2H])c5c4c4c([2H])c([2H])c([2H])c([2H])c34)c3c([2H])c([2H])c([2H])c([2H])c23)c([2H])c2c(oc3c([2H])c4c([2H])c([2H])c([2H])c([2H])c4c([2H])c32)c1[2H].[2H]c1c([2H])c([2H])c(-c2c([2H])c([2H])c3c(c2[2H])C(C)(C([2H])([2H])[2H])c2c([2H])c(-c4c5c([2H])c([2H])c([2H])c([2H])c5c(-c5c([2H])c([2H])c6oc7c([2H])c8c([2H])c([2H])c([2H])c([2H])c8c([2H])c7c6c5[2H])c5c([2H])c([2H])c([2H])c([2H])c45)c([2H])c([2H])c2-3)c([2H])c1[2H].[2H]c1c([2H])c([2H])c(-c2c3c([2H])c([2H])c([2H])c([2H])c3c(-c3c([2H])c([2H])c(-c4c([2H])c([2H])c5oc6c([2H])c7c([2H])c([2H])c([2H])c([2H])c7c([2H])c6c5c4[2H])c([2H])c3[2H])c3c([2H])c([2H])c([2H])c([2H])c23)c([2H])c1[2H]. The van der Waals surface area contributed by atoms with Gasteiger partial charge in [0.2, 0.25) is 0 Å². The molecule has 3 nitrogen and oxygen atoms in total. The van der Waals surface area contributed by atoms with E-state index < -0.39 is 814 Å². The Labute approximate surface area is 949 Å². The van der Waals surface area contributed by atoms with E-state index in [9.17, 15) is 45.2 Å². The Hall–Kier alpha value is -18.5. The summed E-state index contributed by atoms with van der Waals surface area (Å²) in [7, 11) is 0. The molecule has 0 fully saturated rings. The van der Waals surface area contributed by atoms with E-state index in [2.05, 4.69) is 0 Å². The molecule has 0 bridgehead atoms. The fraction of sp³-hybridized carbons (Fsp3) is 0.0213. The highest BCUT2D eigenvalue weighted by Crippen LogP contribution is 2.56. The molecule has 0 radical (unpaired) electrons. The van der Waals surface area contributed by atoms with Crippen LogP contribution in [0.5, 0.6) is 0 Å². The molecule has 1 unspecified atom stereocenters. The fourth-order valence-electron chi connectivity index (χ4n) is 18.3. The van der Waals surface area contributed by atoms with Gasteiger partial charge in [0, 0.05) is 41.8 Å². The largest absolute Gasteiger partial charge is 0.456 e. The van der Waals surface area contributed by atoms with Gasteiger partial charge in [-0.25, -0.2) is 0 Å². The van der Waals surface area contributed by atoms with Crippen molar-refractivity contribution in [1.82, 2.24) is 0 Å². The first kappa shape index (κ1) is 34.2. The maximum atomic E-state index is 10.2. The molecular weight excluding hydrogens is 1740 g/mol. The fourth-order valence-corrected chi connectivity index (χ4v) is 18.3. The Bertz CT molecular complexity index is 15900. The molecule has 0 aliphatic heterocycles. The van der Waals surface area contributed by atoms with Gasteiger partial charge in [-0.15, -0.1) is 0 Å². The van der Waals surface area contributed by atoms with Crippen molar-refractivity contribution >= 4 is 195 Å². The molecule has 30 aromatic rings. The third-order valence-electron chi connectivity index (χ3n) is 24.5. The van der Waals surface area contributed by atoms with Crippen LogP contribution in [0.2, 0.25) is 0 Å². The summed E-state index contributed by atoms with van der Waals surface area (Å²) in [6.07, 6.45) is 0. The van der Waals surface area contributed by atoms with E-state index in [1.807, 2.05) is 0 Å².